The van der Waals surface area contributed by atoms with Gasteiger partial charge in [0.05, 0.1) is 11.5 Å². The SMILES string of the molecule is CCCNC(=O)C(C)NC(C)(C)C(C)(C)C(=O)O. The van der Waals surface area contributed by atoms with Crippen LogP contribution in [0.3, 0.4) is 0 Å². The molecule has 106 valence electrons. The third-order valence-electron chi connectivity index (χ3n) is 3.62. The van der Waals surface area contributed by atoms with Crippen molar-refractivity contribution in [2.24, 2.45) is 5.41 Å². The van der Waals surface area contributed by atoms with Crippen molar-refractivity contribution in [2.75, 3.05) is 6.54 Å². The number of hydrogen-bond donors (Lipinski definition) is 3. The second kappa shape index (κ2) is 6.18. The molecule has 0 radical (unpaired) electrons. The van der Waals surface area contributed by atoms with Gasteiger partial charge in [0, 0.05) is 12.1 Å². The standard InChI is InChI=1S/C13H26N2O3/c1-7-8-14-10(16)9(2)15-13(5,6)12(3,4)11(17)18/h9,15H,7-8H2,1-6H3,(H,14,16)(H,17,18). The van der Waals surface area contributed by atoms with Crippen molar-refractivity contribution in [1.82, 2.24) is 10.6 Å². The Morgan fingerprint density at radius 3 is 2.11 bits per heavy atom. The van der Waals surface area contributed by atoms with Crippen molar-refractivity contribution >= 4 is 11.9 Å². The molecule has 1 atom stereocenters. The average molecular weight is 258 g/mol. The van der Waals surface area contributed by atoms with E-state index in [4.69, 9.17) is 0 Å². The van der Waals surface area contributed by atoms with Gasteiger partial charge in [0.1, 0.15) is 0 Å². The molecule has 0 aromatic rings. The first-order chi connectivity index (χ1) is 8.06. The van der Waals surface area contributed by atoms with E-state index in [9.17, 15) is 14.7 Å². The fraction of sp³-hybridized carbons (Fsp3) is 0.846. The molecule has 0 aliphatic heterocycles. The molecule has 0 aliphatic carbocycles. The van der Waals surface area contributed by atoms with E-state index in [0.29, 0.717) is 6.54 Å². The number of nitrogens with one attached hydrogen (secondary N) is 2. The quantitative estimate of drug-likeness (QED) is 0.644. The van der Waals surface area contributed by atoms with E-state index >= 15 is 0 Å². The van der Waals surface area contributed by atoms with Crippen molar-refractivity contribution in [3.05, 3.63) is 0 Å². The third-order valence-corrected chi connectivity index (χ3v) is 3.62. The number of carbonyl (C=O) groups is 2. The maximum Gasteiger partial charge on any atom is 0.310 e. The summed E-state index contributed by atoms with van der Waals surface area (Å²) in [6.45, 7) is 11.3. The molecule has 0 saturated carbocycles. The van der Waals surface area contributed by atoms with Crippen LogP contribution in [0, 0.1) is 5.41 Å². The van der Waals surface area contributed by atoms with E-state index in [1.54, 1.807) is 34.6 Å². The van der Waals surface area contributed by atoms with Crippen LogP contribution in [0.4, 0.5) is 0 Å². The van der Waals surface area contributed by atoms with Gasteiger partial charge in [-0.25, -0.2) is 0 Å². The van der Waals surface area contributed by atoms with Gasteiger partial charge in [-0.15, -0.1) is 0 Å². The van der Waals surface area contributed by atoms with E-state index in [0.717, 1.165) is 6.42 Å². The zero-order chi connectivity index (χ0) is 14.6. The van der Waals surface area contributed by atoms with Gasteiger partial charge in [0.25, 0.3) is 0 Å². The summed E-state index contributed by atoms with van der Waals surface area (Å²) >= 11 is 0. The highest BCUT2D eigenvalue weighted by atomic mass is 16.4. The Bertz CT molecular complexity index is 311. The first-order valence-corrected chi connectivity index (χ1v) is 6.35. The van der Waals surface area contributed by atoms with Crippen LogP contribution >= 0.6 is 0 Å². The van der Waals surface area contributed by atoms with Crippen LogP contribution in [-0.4, -0.2) is 35.1 Å². The molecule has 0 saturated heterocycles. The van der Waals surface area contributed by atoms with E-state index in [1.165, 1.54) is 0 Å². The maximum atomic E-state index is 11.8. The fourth-order valence-electron chi connectivity index (χ4n) is 1.46. The normalized spacial score (nSPS) is 14.1. The van der Waals surface area contributed by atoms with Crippen LogP contribution < -0.4 is 10.6 Å². The Hall–Kier alpha value is -1.10. The molecular formula is C13H26N2O3. The largest absolute Gasteiger partial charge is 0.481 e. The average Bonchev–Trinajstić information content (AvgIpc) is 2.24. The summed E-state index contributed by atoms with van der Waals surface area (Å²) in [4.78, 5) is 23.0. The molecule has 3 N–H and O–H groups in total. The minimum absolute atomic E-state index is 0.105. The maximum absolute atomic E-state index is 11.8. The summed E-state index contributed by atoms with van der Waals surface area (Å²) in [6, 6.07) is -0.426. The van der Waals surface area contributed by atoms with E-state index < -0.39 is 23.0 Å². The Kier molecular flexibility index (Phi) is 5.80. The van der Waals surface area contributed by atoms with Crippen LogP contribution in [-0.2, 0) is 9.59 Å². The molecule has 1 unspecified atom stereocenters. The number of carbonyl (C=O) groups excluding carboxylic acids is 1. The summed E-state index contributed by atoms with van der Waals surface area (Å²) in [6.07, 6.45) is 0.877. The van der Waals surface area contributed by atoms with Crippen LogP contribution in [0.25, 0.3) is 0 Å². The summed E-state index contributed by atoms with van der Waals surface area (Å²) in [5, 5.41) is 15.1. The molecule has 0 bridgehead atoms. The lowest BCUT2D eigenvalue weighted by Gasteiger charge is -2.40. The van der Waals surface area contributed by atoms with Crippen molar-refractivity contribution in [3.8, 4) is 0 Å². The smallest absolute Gasteiger partial charge is 0.310 e. The minimum atomic E-state index is -0.966. The van der Waals surface area contributed by atoms with Crippen molar-refractivity contribution in [1.29, 1.82) is 0 Å². The van der Waals surface area contributed by atoms with Crippen molar-refractivity contribution in [3.63, 3.8) is 0 Å². The van der Waals surface area contributed by atoms with E-state index in [2.05, 4.69) is 10.6 Å². The van der Waals surface area contributed by atoms with Crippen molar-refractivity contribution in [2.45, 2.75) is 59.5 Å². The van der Waals surface area contributed by atoms with Gasteiger partial charge in [0.2, 0.25) is 5.91 Å². The number of carboxylic acid groups (broad SMARTS) is 1. The number of aliphatic carboxylic acids is 1. The zero-order valence-corrected chi connectivity index (χ0v) is 12.3. The molecule has 5 nitrogen and oxygen atoms in total. The minimum Gasteiger partial charge on any atom is -0.481 e. The highest BCUT2D eigenvalue weighted by Gasteiger charge is 2.44. The first kappa shape index (κ1) is 16.9. The van der Waals surface area contributed by atoms with Crippen molar-refractivity contribution < 1.29 is 14.7 Å². The topological polar surface area (TPSA) is 78.4 Å². The third kappa shape index (κ3) is 3.98. The van der Waals surface area contributed by atoms with Crippen LogP contribution in [0.15, 0.2) is 0 Å². The molecule has 0 spiro atoms. The molecule has 0 aromatic heterocycles. The summed E-state index contributed by atoms with van der Waals surface area (Å²) in [5.41, 5.74) is -1.66. The number of rotatable bonds is 7. The molecular weight excluding hydrogens is 232 g/mol. The van der Waals surface area contributed by atoms with Gasteiger partial charge in [-0.2, -0.15) is 0 Å². The first-order valence-electron chi connectivity index (χ1n) is 6.35. The molecule has 0 aromatic carbocycles. The van der Waals surface area contributed by atoms with Crippen LogP contribution in [0.2, 0.25) is 0 Å². The van der Waals surface area contributed by atoms with Crippen LogP contribution in [0.5, 0.6) is 0 Å². The number of amides is 1. The lowest BCUT2D eigenvalue weighted by Crippen LogP contribution is -2.60. The Balaban J connectivity index is 4.67. The van der Waals surface area contributed by atoms with Crippen LogP contribution in [0.1, 0.15) is 48.0 Å². The number of hydrogen-bond acceptors (Lipinski definition) is 3. The molecule has 5 heteroatoms. The van der Waals surface area contributed by atoms with Gasteiger partial charge in [-0.05, 0) is 41.0 Å². The van der Waals surface area contributed by atoms with Gasteiger partial charge < -0.3 is 10.4 Å². The highest BCUT2D eigenvalue weighted by Crippen LogP contribution is 2.31. The molecule has 0 heterocycles. The van der Waals surface area contributed by atoms with Gasteiger partial charge >= 0.3 is 5.97 Å². The predicted octanol–water partition coefficient (Wildman–Crippen LogP) is 1.38. The Morgan fingerprint density at radius 2 is 1.72 bits per heavy atom. The van der Waals surface area contributed by atoms with E-state index in [1.807, 2.05) is 6.92 Å². The molecule has 1 amide bonds. The summed E-state index contributed by atoms with van der Waals surface area (Å²) in [7, 11) is 0. The van der Waals surface area contributed by atoms with Gasteiger partial charge in [-0.3, -0.25) is 14.9 Å². The Labute approximate surface area is 109 Å². The molecule has 0 aliphatic rings. The fourth-order valence-corrected chi connectivity index (χ4v) is 1.46. The Morgan fingerprint density at radius 1 is 1.22 bits per heavy atom. The lowest BCUT2D eigenvalue weighted by molar-refractivity contribution is -0.151. The second-order valence-electron chi connectivity index (χ2n) is 5.71. The van der Waals surface area contributed by atoms with E-state index in [-0.39, 0.29) is 5.91 Å². The highest BCUT2D eigenvalue weighted by molar-refractivity contribution is 5.81. The molecule has 0 rings (SSSR count). The van der Waals surface area contributed by atoms with Gasteiger partial charge in [-0.1, -0.05) is 6.92 Å². The summed E-state index contributed by atoms with van der Waals surface area (Å²) < 4.78 is 0. The second-order valence-corrected chi connectivity index (χ2v) is 5.71. The lowest BCUT2D eigenvalue weighted by atomic mass is 9.74. The molecule has 18 heavy (non-hydrogen) atoms. The monoisotopic (exact) mass is 258 g/mol. The van der Waals surface area contributed by atoms with Gasteiger partial charge in [0.15, 0.2) is 0 Å². The molecule has 0 fully saturated rings. The zero-order valence-electron chi connectivity index (χ0n) is 12.3. The predicted molar refractivity (Wildman–Crippen MR) is 71.4 cm³/mol. The number of carboxylic acids is 1. The summed E-state index contributed by atoms with van der Waals surface area (Å²) in [5.74, 6) is -0.993.